The maximum Gasteiger partial charge on any atom is 0.0218 e. The molecule has 3 unspecified atom stereocenters. The largest absolute Gasteiger partial charge is 0.312 e. The lowest BCUT2D eigenvalue weighted by Crippen LogP contribution is -2.45. The Balaban J connectivity index is 1.78. The first-order chi connectivity index (χ1) is 7.96. The summed E-state index contributed by atoms with van der Waals surface area (Å²) in [5, 5.41) is 3.84. The number of rotatable bonds is 3. The summed E-state index contributed by atoms with van der Waals surface area (Å²) in [4.78, 5) is 2.52. The number of hydrogen-bond donors (Lipinski definition) is 1. The smallest absolute Gasteiger partial charge is 0.0218 e. The third kappa shape index (κ3) is 3.69. The highest BCUT2D eigenvalue weighted by molar-refractivity contribution is 4.88. The molecule has 0 aromatic rings. The Morgan fingerprint density at radius 2 is 2.06 bits per heavy atom. The molecule has 1 saturated heterocycles. The minimum Gasteiger partial charge on any atom is -0.312 e. The maximum atomic E-state index is 3.84. The first-order valence-corrected chi connectivity index (χ1v) is 7.40. The minimum atomic E-state index is 0.539. The van der Waals surface area contributed by atoms with Crippen LogP contribution in [0.15, 0.2) is 0 Å². The van der Waals surface area contributed by atoms with Crippen LogP contribution in [0.2, 0.25) is 0 Å². The SMILES string of the molecule is CC1CC(NCC2CCCN2C)CC(C)(C)C1. The van der Waals surface area contributed by atoms with Crippen LogP contribution in [0.25, 0.3) is 0 Å². The monoisotopic (exact) mass is 238 g/mol. The van der Waals surface area contributed by atoms with Crippen molar-refractivity contribution in [2.24, 2.45) is 11.3 Å². The topological polar surface area (TPSA) is 15.3 Å². The van der Waals surface area contributed by atoms with Crippen LogP contribution in [0.4, 0.5) is 0 Å². The van der Waals surface area contributed by atoms with Crippen LogP contribution < -0.4 is 5.32 Å². The van der Waals surface area contributed by atoms with Gasteiger partial charge in [-0.2, -0.15) is 0 Å². The number of hydrogen-bond acceptors (Lipinski definition) is 2. The lowest BCUT2D eigenvalue weighted by molar-refractivity contribution is 0.146. The van der Waals surface area contributed by atoms with Gasteiger partial charge in [0, 0.05) is 18.6 Å². The van der Waals surface area contributed by atoms with E-state index in [1.165, 1.54) is 45.2 Å². The summed E-state index contributed by atoms with van der Waals surface area (Å²) in [5.74, 6) is 0.887. The first-order valence-electron chi connectivity index (χ1n) is 7.40. The van der Waals surface area contributed by atoms with Crippen molar-refractivity contribution in [1.82, 2.24) is 10.2 Å². The van der Waals surface area contributed by atoms with Crippen LogP contribution in [-0.2, 0) is 0 Å². The second kappa shape index (κ2) is 5.27. The van der Waals surface area contributed by atoms with Gasteiger partial charge in [-0.25, -0.2) is 0 Å². The van der Waals surface area contributed by atoms with E-state index in [9.17, 15) is 0 Å². The molecule has 0 aromatic carbocycles. The molecule has 17 heavy (non-hydrogen) atoms. The molecule has 1 heterocycles. The standard InChI is InChI=1S/C15H30N2/c1-12-8-13(10-15(2,3)9-12)16-11-14-6-5-7-17(14)4/h12-14,16H,5-11H2,1-4H3. The van der Waals surface area contributed by atoms with Gasteiger partial charge in [-0.05, 0) is 57.0 Å². The predicted octanol–water partition coefficient (Wildman–Crippen LogP) is 2.89. The molecule has 1 saturated carbocycles. The second-order valence-electron chi connectivity index (χ2n) is 7.30. The molecular formula is C15H30N2. The molecule has 1 aliphatic heterocycles. The summed E-state index contributed by atoms with van der Waals surface area (Å²) < 4.78 is 0. The lowest BCUT2D eigenvalue weighted by Gasteiger charge is -2.40. The zero-order valence-corrected chi connectivity index (χ0v) is 12.1. The average molecular weight is 238 g/mol. The van der Waals surface area contributed by atoms with E-state index < -0.39 is 0 Å². The quantitative estimate of drug-likeness (QED) is 0.813. The molecule has 0 amide bonds. The zero-order chi connectivity index (χ0) is 12.5. The van der Waals surface area contributed by atoms with Gasteiger partial charge in [0.1, 0.15) is 0 Å². The molecule has 0 radical (unpaired) electrons. The Morgan fingerprint density at radius 3 is 2.65 bits per heavy atom. The third-order valence-electron chi connectivity index (χ3n) is 4.70. The van der Waals surface area contributed by atoms with Gasteiger partial charge < -0.3 is 10.2 Å². The van der Waals surface area contributed by atoms with E-state index in [1.54, 1.807) is 0 Å². The summed E-state index contributed by atoms with van der Waals surface area (Å²) in [7, 11) is 2.27. The van der Waals surface area contributed by atoms with Crippen LogP contribution in [0, 0.1) is 11.3 Å². The first kappa shape index (κ1) is 13.4. The summed E-state index contributed by atoms with van der Waals surface area (Å²) >= 11 is 0. The number of nitrogens with zero attached hydrogens (tertiary/aromatic N) is 1. The molecule has 2 heteroatoms. The summed E-state index contributed by atoms with van der Waals surface area (Å²) in [6, 6.07) is 1.54. The van der Waals surface area contributed by atoms with Crippen molar-refractivity contribution in [3.63, 3.8) is 0 Å². The molecule has 1 N–H and O–H groups in total. The molecule has 100 valence electrons. The van der Waals surface area contributed by atoms with Gasteiger partial charge in [0.25, 0.3) is 0 Å². The van der Waals surface area contributed by atoms with Crippen LogP contribution in [0.1, 0.15) is 52.9 Å². The van der Waals surface area contributed by atoms with Crippen molar-refractivity contribution in [1.29, 1.82) is 0 Å². The molecule has 1 aliphatic carbocycles. The van der Waals surface area contributed by atoms with Crippen molar-refractivity contribution >= 4 is 0 Å². The van der Waals surface area contributed by atoms with Gasteiger partial charge in [0.2, 0.25) is 0 Å². The van der Waals surface area contributed by atoms with Crippen molar-refractivity contribution in [3.8, 4) is 0 Å². The van der Waals surface area contributed by atoms with Crippen LogP contribution in [0.5, 0.6) is 0 Å². The highest BCUT2D eigenvalue weighted by Crippen LogP contribution is 2.38. The van der Waals surface area contributed by atoms with E-state index >= 15 is 0 Å². The zero-order valence-electron chi connectivity index (χ0n) is 12.1. The Bertz CT molecular complexity index is 249. The van der Waals surface area contributed by atoms with Gasteiger partial charge in [-0.15, -0.1) is 0 Å². The Labute approximate surface area is 107 Å². The van der Waals surface area contributed by atoms with Gasteiger partial charge in [0.05, 0.1) is 0 Å². The highest BCUT2D eigenvalue weighted by Gasteiger charge is 2.32. The fourth-order valence-electron chi connectivity index (χ4n) is 4.04. The van der Waals surface area contributed by atoms with E-state index in [4.69, 9.17) is 0 Å². The predicted molar refractivity (Wildman–Crippen MR) is 74.2 cm³/mol. The van der Waals surface area contributed by atoms with E-state index in [-0.39, 0.29) is 0 Å². The number of likely N-dealkylation sites (tertiary alicyclic amines) is 1. The van der Waals surface area contributed by atoms with Crippen LogP contribution in [-0.4, -0.2) is 37.1 Å². The van der Waals surface area contributed by atoms with Gasteiger partial charge in [-0.1, -0.05) is 20.8 Å². The molecular weight excluding hydrogens is 208 g/mol. The Kier molecular flexibility index (Phi) is 4.14. The molecule has 2 aliphatic rings. The highest BCUT2D eigenvalue weighted by atomic mass is 15.2. The van der Waals surface area contributed by atoms with Crippen molar-refractivity contribution < 1.29 is 0 Å². The molecule has 2 nitrogen and oxygen atoms in total. The summed E-state index contributed by atoms with van der Waals surface area (Å²) in [6.07, 6.45) is 6.90. The van der Waals surface area contributed by atoms with E-state index in [1.807, 2.05) is 0 Å². The normalized spacial score (nSPS) is 38.5. The third-order valence-corrected chi connectivity index (χ3v) is 4.70. The Hall–Kier alpha value is -0.0800. The van der Waals surface area contributed by atoms with Gasteiger partial charge in [0.15, 0.2) is 0 Å². The fraction of sp³-hybridized carbons (Fsp3) is 1.00. The molecule has 2 rings (SSSR count). The molecule has 0 bridgehead atoms. The van der Waals surface area contributed by atoms with Crippen molar-refractivity contribution in [2.75, 3.05) is 20.1 Å². The van der Waals surface area contributed by atoms with E-state index in [2.05, 4.69) is 38.0 Å². The lowest BCUT2D eigenvalue weighted by atomic mass is 9.70. The molecule has 2 fully saturated rings. The maximum absolute atomic E-state index is 3.84. The van der Waals surface area contributed by atoms with Crippen LogP contribution >= 0.6 is 0 Å². The number of likely N-dealkylation sites (N-methyl/N-ethyl adjacent to an activating group) is 1. The Morgan fingerprint density at radius 1 is 1.29 bits per heavy atom. The average Bonchev–Trinajstić information content (AvgIpc) is 2.58. The van der Waals surface area contributed by atoms with E-state index in [0.29, 0.717) is 5.41 Å². The fourth-order valence-corrected chi connectivity index (χ4v) is 4.04. The summed E-state index contributed by atoms with van der Waals surface area (Å²) in [5.41, 5.74) is 0.539. The van der Waals surface area contributed by atoms with Gasteiger partial charge >= 0.3 is 0 Å². The molecule has 3 atom stereocenters. The van der Waals surface area contributed by atoms with E-state index in [0.717, 1.165) is 18.0 Å². The summed E-state index contributed by atoms with van der Waals surface area (Å²) in [6.45, 7) is 9.76. The minimum absolute atomic E-state index is 0.539. The number of nitrogens with one attached hydrogen (secondary N) is 1. The molecule has 0 spiro atoms. The second-order valence-corrected chi connectivity index (χ2v) is 7.30. The van der Waals surface area contributed by atoms with Crippen LogP contribution in [0.3, 0.4) is 0 Å². The van der Waals surface area contributed by atoms with Crippen molar-refractivity contribution in [3.05, 3.63) is 0 Å². The van der Waals surface area contributed by atoms with Gasteiger partial charge in [-0.3, -0.25) is 0 Å². The molecule has 0 aromatic heterocycles. The van der Waals surface area contributed by atoms with Crippen molar-refractivity contribution in [2.45, 2.75) is 65.0 Å².